The summed E-state index contributed by atoms with van der Waals surface area (Å²) in [5.41, 5.74) is 8.11. The molecule has 0 saturated carbocycles. The van der Waals surface area contributed by atoms with Crippen LogP contribution in [0.25, 0.3) is 33.4 Å². The van der Waals surface area contributed by atoms with Crippen LogP contribution in [0.3, 0.4) is 0 Å². The number of hydrogen-bond donors (Lipinski definition) is 0. The van der Waals surface area contributed by atoms with Crippen molar-refractivity contribution in [3.8, 4) is 22.4 Å². The molecule has 112 valence electrons. The summed E-state index contributed by atoms with van der Waals surface area (Å²) >= 11 is 0. The molecule has 4 rings (SSSR count). The largest absolute Gasteiger partial charge is 0.342 e. The van der Waals surface area contributed by atoms with Crippen LogP contribution in [0.1, 0.15) is 5.56 Å². The van der Waals surface area contributed by atoms with E-state index in [1.807, 2.05) is 36.8 Å². The van der Waals surface area contributed by atoms with E-state index in [0.29, 0.717) is 0 Å². The molecule has 0 bridgehead atoms. The number of aromatic nitrogens is 3. The lowest BCUT2D eigenvalue weighted by molar-refractivity contribution is 0.977. The number of benzene rings is 1. The molecule has 3 aromatic heterocycles. The molecular weight excluding hydrogens is 282 g/mol. The van der Waals surface area contributed by atoms with Gasteiger partial charge in [-0.1, -0.05) is 29.8 Å². The third-order valence-electron chi connectivity index (χ3n) is 4.22. The van der Waals surface area contributed by atoms with E-state index in [1.54, 1.807) is 0 Å². The zero-order valence-corrected chi connectivity index (χ0v) is 13.2. The second-order valence-corrected chi connectivity index (χ2v) is 5.76. The van der Waals surface area contributed by atoms with Crippen LogP contribution < -0.4 is 0 Å². The van der Waals surface area contributed by atoms with Gasteiger partial charge in [-0.3, -0.25) is 9.97 Å². The monoisotopic (exact) mass is 299 g/mol. The molecule has 0 radical (unpaired) electrons. The number of fused-ring (bicyclic) bond motifs is 1. The minimum absolute atomic E-state index is 1.03. The summed E-state index contributed by atoms with van der Waals surface area (Å²) in [6, 6.07) is 16.8. The molecule has 0 aliphatic heterocycles. The Bertz CT molecular complexity index is 984. The van der Waals surface area contributed by atoms with Crippen LogP contribution in [0.4, 0.5) is 0 Å². The van der Waals surface area contributed by atoms with Crippen molar-refractivity contribution in [3.05, 3.63) is 72.7 Å². The van der Waals surface area contributed by atoms with Gasteiger partial charge in [0.15, 0.2) is 0 Å². The van der Waals surface area contributed by atoms with Crippen molar-refractivity contribution in [2.24, 2.45) is 7.05 Å². The maximum atomic E-state index is 4.66. The quantitative estimate of drug-likeness (QED) is 0.541. The summed E-state index contributed by atoms with van der Waals surface area (Å²) < 4.78 is 2.22. The van der Waals surface area contributed by atoms with E-state index in [4.69, 9.17) is 0 Å². The zero-order chi connectivity index (χ0) is 15.8. The van der Waals surface area contributed by atoms with E-state index in [-0.39, 0.29) is 0 Å². The van der Waals surface area contributed by atoms with Gasteiger partial charge in [0.25, 0.3) is 0 Å². The molecule has 0 atom stereocenters. The van der Waals surface area contributed by atoms with Crippen LogP contribution in [0, 0.1) is 6.92 Å². The number of rotatable bonds is 2. The van der Waals surface area contributed by atoms with Gasteiger partial charge in [0, 0.05) is 36.8 Å². The first-order chi connectivity index (χ1) is 11.3. The van der Waals surface area contributed by atoms with Gasteiger partial charge >= 0.3 is 0 Å². The predicted molar refractivity (Wildman–Crippen MR) is 94.1 cm³/mol. The molecule has 3 heteroatoms. The Labute approximate surface area is 135 Å². The maximum Gasteiger partial charge on any atom is 0.0965 e. The Balaban J connectivity index is 2.13. The van der Waals surface area contributed by atoms with Gasteiger partial charge in [-0.15, -0.1) is 0 Å². The van der Waals surface area contributed by atoms with Crippen molar-refractivity contribution < 1.29 is 0 Å². The summed E-state index contributed by atoms with van der Waals surface area (Å²) in [5, 5.41) is 0. The smallest absolute Gasteiger partial charge is 0.0965 e. The highest BCUT2D eigenvalue weighted by Gasteiger charge is 2.18. The first-order valence-corrected chi connectivity index (χ1v) is 7.66. The van der Waals surface area contributed by atoms with Gasteiger partial charge in [0.2, 0.25) is 0 Å². The molecular formula is C20H17N3. The van der Waals surface area contributed by atoms with Gasteiger partial charge < -0.3 is 4.57 Å². The van der Waals surface area contributed by atoms with Gasteiger partial charge in [0.1, 0.15) is 0 Å². The average Bonchev–Trinajstić information content (AvgIpc) is 2.89. The Morgan fingerprint density at radius 1 is 0.870 bits per heavy atom. The van der Waals surface area contributed by atoms with Gasteiger partial charge in [-0.25, -0.2) is 0 Å². The van der Waals surface area contributed by atoms with E-state index in [0.717, 1.165) is 16.6 Å². The highest BCUT2D eigenvalue weighted by Crippen LogP contribution is 2.39. The Hall–Kier alpha value is -2.94. The average molecular weight is 299 g/mol. The molecule has 0 aliphatic rings. The highest BCUT2D eigenvalue weighted by atomic mass is 15.0. The molecule has 23 heavy (non-hydrogen) atoms. The van der Waals surface area contributed by atoms with Crippen molar-refractivity contribution in [1.29, 1.82) is 0 Å². The van der Waals surface area contributed by atoms with Crippen LogP contribution in [0.15, 0.2) is 67.1 Å². The molecule has 0 unspecified atom stereocenters. The van der Waals surface area contributed by atoms with Crippen molar-refractivity contribution in [2.45, 2.75) is 6.92 Å². The lowest BCUT2D eigenvalue weighted by Gasteiger charge is -2.09. The number of pyridine rings is 2. The summed E-state index contributed by atoms with van der Waals surface area (Å²) in [6.45, 7) is 2.12. The fraction of sp³-hybridized carbons (Fsp3) is 0.100. The van der Waals surface area contributed by atoms with Crippen LogP contribution in [0.5, 0.6) is 0 Å². The molecule has 3 nitrogen and oxygen atoms in total. The van der Waals surface area contributed by atoms with Crippen molar-refractivity contribution in [3.63, 3.8) is 0 Å². The van der Waals surface area contributed by atoms with Crippen molar-refractivity contribution in [2.75, 3.05) is 0 Å². The molecule has 0 amide bonds. The van der Waals surface area contributed by atoms with Crippen LogP contribution >= 0.6 is 0 Å². The van der Waals surface area contributed by atoms with Crippen LogP contribution in [-0.2, 0) is 7.05 Å². The third kappa shape index (κ3) is 2.21. The lowest BCUT2D eigenvalue weighted by Crippen LogP contribution is -1.93. The van der Waals surface area contributed by atoms with Gasteiger partial charge in [-0.05, 0) is 36.8 Å². The zero-order valence-electron chi connectivity index (χ0n) is 13.2. The standard InChI is InChI=1S/C20H17N3/c1-14-5-3-6-16(13-14)18-19-17(7-4-10-22-19)23(2)20(18)15-8-11-21-12-9-15/h3-13H,1-2H3. The highest BCUT2D eigenvalue weighted by molar-refractivity contribution is 6.02. The minimum Gasteiger partial charge on any atom is -0.342 e. The molecule has 4 aromatic rings. The lowest BCUT2D eigenvalue weighted by atomic mass is 9.99. The van der Waals surface area contributed by atoms with E-state index >= 15 is 0 Å². The Morgan fingerprint density at radius 2 is 1.70 bits per heavy atom. The molecule has 0 fully saturated rings. The van der Waals surface area contributed by atoms with Gasteiger partial charge in [-0.2, -0.15) is 0 Å². The summed E-state index contributed by atoms with van der Waals surface area (Å²) in [4.78, 5) is 8.80. The number of nitrogens with zero attached hydrogens (tertiary/aromatic N) is 3. The Kier molecular flexibility index (Phi) is 3.19. The minimum atomic E-state index is 1.03. The molecule has 0 spiro atoms. The summed E-state index contributed by atoms with van der Waals surface area (Å²) in [6.07, 6.45) is 5.53. The molecule has 0 N–H and O–H groups in total. The van der Waals surface area contributed by atoms with E-state index in [1.165, 1.54) is 22.4 Å². The second-order valence-electron chi connectivity index (χ2n) is 5.76. The molecule has 0 aliphatic carbocycles. The fourth-order valence-corrected chi connectivity index (χ4v) is 3.18. The molecule has 0 saturated heterocycles. The normalized spacial score (nSPS) is 11.0. The van der Waals surface area contributed by atoms with Crippen LogP contribution in [-0.4, -0.2) is 14.5 Å². The molecule has 3 heterocycles. The number of hydrogen-bond acceptors (Lipinski definition) is 2. The van der Waals surface area contributed by atoms with Crippen molar-refractivity contribution in [1.82, 2.24) is 14.5 Å². The second kappa shape index (κ2) is 5.36. The predicted octanol–water partition coefficient (Wildman–Crippen LogP) is 4.61. The summed E-state index contributed by atoms with van der Waals surface area (Å²) in [5.74, 6) is 0. The SMILES string of the molecule is Cc1cccc(-c2c(-c3ccncc3)n(C)c3cccnc23)c1. The summed E-state index contributed by atoms with van der Waals surface area (Å²) in [7, 11) is 2.10. The fourth-order valence-electron chi connectivity index (χ4n) is 3.18. The van der Waals surface area contributed by atoms with Crippen molar-refractivity contribution >= 4 is 11.0 Å². The number of aryl methyl sites for hydroxylation is 2. The van der Waals surface area contributed by atoms with E-state index < -0.39 is 0 Å². The molecule has 1 aromatic carbocycles. The maximum absolute atomic E-state index is 4.66. The van der Waals surface area contributed by atoms with E-state index in [9.17, 15) is 0 Å². The Morgan fingerprint density at radius 3 is 2.48 bits per heavy atom. The van der Waals surface area contributed by atoms with E-state index in [2.05, 4.69) is 58.8 Å². The topological polar surface area (TPSA) is 30.7 Å². The van der Waals surface area contributed by atoms with Gasteiger partial charge in [0.05, 0.1) is 16.7 Å². The first kappa shape index (κ1) is 13.7. The third-order valence-corrected chi connectivity index (χ3v) is 4.22. The van der Waals surface area contributed by atoms with Crippen LogP contribution in [0.2, 0.25) is 0 Å². The first-order valence-electron chi connectivity index (χ1n) is 7.66.